The highest BCUT2D eigenvalue weighted by Crippen LogP contribution is 2.31. The van der Waals surface area contributed by atoms with E-state index in [4.69, 9.17) is 0 Å². The number of anilines is 1. The van der Waals surface area contributed by atoms with Gasteiger partial charge in [-0.05, 0) is 36.6 Å². The average Bonchev–Trinajstić information content (AvgIpc) is 2.78. The summed E-state index contributed by atoms with van der Waals surface area (Å²) in [5.41, 5.74) is 2.89. The van der Waals surface area contributed by atoms with E-state index in [1.165, 1.54) is 11.6 Å². The molecule has 2 aromatic carbocycles. The van der Waals surface area contributed by atoms with Crippen LogP contribution in [0.1, 0.15) is 18.1 Å². The normalized spacial score (nSPS) is 16.9. The second kappa shape index (κ2) is 5.68. The summed E-state index contributed by atoms with van der Waals surface area (Å²) in [5.74, 6) is -0.260. The van der Waals surface area contributed by atoms with Gasteiger partial charge in [0.1, 0.15) is 5.82 Å². The van der Waals surface area contributed by atoms with Gasteiger partial charge in [0.25, 0.3) is 0 Å². The third kappa shape index (κ3) is 2.82. The molecular formula is C18H18FNO. The summed E-state index contributed by atoms with van der Waals surface area (Å²) >= 11 is 0. The number of fused-ring (bicyclic) bond motifs is 1. The molecule has 3 heteroatoms. The summed E-state index contributed by atoms with van der Waals surface area (Å²) in [7, 11) is 0. The van der Waals surface area contributed by atoms with Crippen LogP contribution in [0.4, 0.5) is 10.1 Å². The first-order chi connectivity index (χ1) is 10.1. The third-order valence-corrected chi connectivity index (χ3v) is 4.04. The van der Waals surface area contributed by atoms with Crippen molar-refractivity contribution in [1.82, 2.24) is 0 Å². The Morgan fingerprint density at radius 2 is 1.90 bits per heavy atom. The van der Waals surface area contributed by atoms with E-state index in [0.29, 0.717) is 18.2 Å². The van der Waals surface area contributed by atoms with Gasteiger partial charge in [-0.3, -0.25) is 4.79 Å². The molecule has 0 fully saturated rings. The maximum Gasteiger partial charge on any atom is 0.156 e. The van der Waals surface area contributed by atoms with Gasteiger partial charge >= 0.3 is 0 Å². The molecule has 3 rings (SSSR count). The molecule has 0 saturated carbocycles. The quantitative estimate of drug-likeness (QED) is 0.857. The fraction of sp³-hybridized carbons (Fsp3) is 0.278. The molecule has 0 aromatic heterocycles. The minimum atomic E-state index is -0.305. The smallest absolute Gasteiger partial charge is 0.156 e. The number of halogens is 1. The maximum absolute atomic E-state index is 13.6. The number of ketones is 1. The Hall–Kier alpha value is -2.16. The van der Waals surface area contributed by atoms with E-state index in [-0.39, 0.29) is 18.0 Å². The van der Waals surface area contributed by atoms with Crippen molar-refractivity contribution in [3.8, 4) is 0 Å². The fourth-order valence-electron chi connectivity index (χ4n) is 2.97. The van der Waals surface area contributed by atoms with E-state index in [2.05, 4.69) is 24.0 Å². The Kier molecular flexibility index (Phi) is 3.74. The molecule has 0 radical (unpaired) electrons. The van der Waals surface area contributed by atoms with Gasteiger partial charge in [-0.2, -0.15) is 0 Å². The van der Waals surface area contributed by atoms with Crippen molar-refractivity contribution in [2.45, 2.75) is 25.8 Å². The predicted octanol–water partition coefficient (Wildman–Crippen LogP) is 3.39. The first-order valence-electron chi connectivity index (χ1n) is 7.25. The van der Waals surface area contributed by atoms with Crippen molar-refractivity contribution in [2.75, 3.05) is 11.4 Å². The number of carbonyl (C=O) groups excluding carboxylic acids is 1. The van der Waals surface area contributed by atoms with Gasteiger partial charge in [0.05, 0.1) is 6.54 Å². The highest BCUT2D eigenvalue weighted by Gasteiger charge is 2.27. The van der Waals surface area contributed by atoms with Crippen molar-refractivity contribution < 1.29 is 9.18 Å². The van der Waals surface area contributed by atoms with Crippen LogP contribution in [0.2, 0.25) is 0 Å². The Morgan fingerprint density at radius 1 is 1.19 bits per heavy atom. The molecule has 1 aliphatic heterocycles. The number of hydrogen-bond acceptors (Lipinski definition) is 2. The zero-order chi connectivity index (χ0) is 14.8. The van der Waals surface area contributed by atoms with Gasteiger partial charge in [-0.1, -0.05) is 36.4 Å². The molecule has 0 N–H and O–H groups in total. The second-order valence-corrected chi connectivity index (χ2v) is 5.62. The fourth-order valence-corrected chi connectivity index (χ4v) is 2.97. The molecular weight excluding hydrogens is 265 g/mol. The van der Waals surface area contributed by atoms with E-state index in [1.807, 2.05) is 12.1 Å². The van der Waals surface area contributed by atoms with Crippen LogP contribution in [0, 0.1) is 5.82 Å². The summed E-state index contributed by atoms with van der Waals surface area (Å²) in [6.07, 6.45) is 1.11. The molecule has 0 bridgehead atoms. The molecule has 0 aliphatic carbocycles. The number of nitrogens with zero attached hydrogens (tertiary/aromatic N) is 1. The highest BCUT2D eigenvalue weighted by molar-refractivity contribution is 5.86. The van der Waals surface area contributed by atoms with Gasteiger partial charge in [0.2, 0.25) is 0 Å². The van der Waals surface area contributed by atoms with Crippen LogP contribution in [-0.2, 0) is 17.6 Å². The summed E-state index contributed by atoms with van der Waals surface area (Å²) < 4.78 is 13.6. The number of hydrogen-bond donors (Lipinski definition) is 0. The number of para-hydroxylation sites is 1. The van der Waals surface area contributed by atoms with Crippen LogP contribution in [0.5, 0.6) is 0 Å². The zero-order valence-corrected chi connectivity index (χ0v) is 12.1. The first-order valence-corrected chi connectivity index (χ1v) is 7.25. The van der Waals surface area contributed by atoms with Crippen LogP contribution in [0.25, 0.3) is 0 Å². The SMILES string of the molecule is CC1Cc2ccccc2N1CC(=O)Cc1ccccc1F. The topological polar surface area (TPSA) is 20.3 Å². The number of carbonyl (C=O) groups is 1. The molecule has 1 aliphatic rings. The Morgan fingerprint density at radius 3 is 2.71 bits per heavy atom. The van der Waals surface area contributed by atoms with Crippen molar-refractivity contribution in [2.24, 2.45) is 0 Å². The molecule has 1 unspecified atom stereocenters. The Labute approximate surface area is 124 Å². The molecule has 21 heavy (non-hydrogen) atoms. The van der Waals surface area contributed by atoms with E-state index in [9.17, 15) is 9.18 Å². The van der Waals surface area contributed by atoms with Crippen LogP contribution < -0.4 is 4.90 Å². The standard InChI is InChI=1S/C18H18FNO/c1-13-10-15-7-3-5-9-18(15)20(13)12-16(21)11-14-6-2-4-8-17(14)19/h2-9,13H,10-12H2,1H3. The minimum Gasteiger partial charge on any atom is -0.361 e. The van der Waals surface area contributed by atoms with Crippen LogP contribution in [-0.4, -0.2) is 18.4 Å². The first kappa shape index (κ1) is 13.8. The second-order valence-electron chi connectivity index (χ2n) is 5.62. The van der Waals surface area contributed by atoms with Crippen molar-refractivity contribution in [3.63, 3.8) is 0 Å². The minimum absolute atomic E-state index is 0.0450. The van der Waals surface area contributed by atoms with Gasteiger partial charge < -0.3 is 4.90 Å². The molecule has 108 valence electrons. The van der Waals surface area contributed by atoms with Crippen LogP contribution in [0.15, 0.2) is 48.5 Å². The lowest BCUT2D eigenvalue weighted by Crippen LogP contribution is -2.35. The van der Waals surface area contributed by atoms with Crippen molar-refractivity contribution in [3.05, 3.63) is 65.5 Å². The van der Waals surface area contributed by atoms with Gasteiger partial charge in [0, 0.05) is 18.2 Å². The summed E-state index contributed by atoms with van der Waals surface area (Å²) in [6, 6.07) is 15.0. The highest BCUT2D eigenvalue weighted by atomic mass is 19.1. The molecule has 2 nitrogen and oxygen atoms in total. The monoisotopic (exact) mass is 283 g/mol. The molecule has 0 saturated heterocycles. The van der Waals surface area contributed by atoms with E-state index >= 15 is 0 Å². The van der Waals surface area contributed by atoms with Crippen molar-refractivity contribution >= 4 is 11.5 Å². The maximum atomic E-state index is 13.6. The van der Waals surface area contributed by atoms with Gasteiger partial charge in [-0.25, -0.2) is 4.39 Å². The number of benzene rings is 2. The average molecular weight is 283 g/mol. The summed E-state index contributed by atoms with van der Waals surface area (Å²) in [4.78, 5) is 14.4. The van der Waals surface area contributed by atoms with Gasteiger partial charge in [0.15, 0.2) is 5.78 Å². The summed E-state index contributed by atoms with van der Waals surface area (Å²) in [5, 5.41) is 0. The molecule has 1 heterocycles. The van der Waals surface area contributed by atoms with E-state index < -0.39 is 0 Å². The zero-order valence-electron chi connectivity index (χ0n) is 12.1. The van der Waals surface area contributed by atoms with E-state index in [0.717, 1.165) is 12.1 Å². The lowest BCUT2D eigenvalue weighted by atomic mass is 10.1. The Bertz CT molecular complexity index is 668. The van der Waals surface area contributed by atoms with E-state index in [1.54, 1.807) is 18.2 Å². The Balaban J connectivity index is 1.72. The van der Waals surface area contributed by atoms with Crippen molar-refractivity contribution in [1.29, 1.82) is 0 Å². The van der Waals surface area contributed by atoms with Crippen LogP contribution in [0.3, 0.4) is 0 Å². The number of Topliss-reactive ketones (excluding diaryl/α,β-unsaturated/α-hetero) is 1. The molecule has 0 spiro atoms. The largest absolute Gasteiger partial charge is 0.361 e. The van der Waals surface area contributed by atoms with Gasteiger partial charge in [-0.15, -0.1) is 0 Å². The number of rotatable bonds is 4. The predicted molar refractivity (Wildman–Crippen MR) is 82.1 cm³/mol. The molecule has 0 amide bonds. The lowest BCUT2D eigenvalue weighted by molar-refractivity contribution is -0.117. The third-order valence-electron chi connectivity index (χ3n) is 4.04. The van der Waals surface area contributed by atoms with Crippen LogP contribution >= 0.6 is 0 Å². The lowest BCUT2D eigenvalue weighted by Gasteiger charge is -2.24. The summed E-state index contributed by atoms with van der Waals surface area (Å²) in [6.45, 7) is 2.46. The molecule has 1 atom stereocenters. The molecule has 2 aromatic rings.